The summed E-state index contributed by atoms with van der Waals surface area (Å²) >= 11 is 3.37. The van der Waals surface area contributed by atoms with Gasteiger partial charge in [0.2, 0.25) is 5.88 Å². The van der Waals surface area contributed by atoms with Crippen molar-refractivity contribution in [2.75, 3.05) is 6.61 Å². The highest BCUT2D eigenvalue weighted by Gasteiger charge is 2.36. The van der Waals surface area contributed by atoms with Gasteiger partial charge in [0.05, 0.1) is 23.8 Å². The third-order valence-corrected chi connectivity index (χ3v) is 4.84. The lowest BCUT2D eigenvalue weighted by molar-refractivity contribution is -0.139. The molecule has 0 saturated carbocycles. The van der Waals surface area contributed by atoms with E-state index >= 15 is 0 Å². The average molecular weight is 440 g/mol. The number of carbonyl (C=O) groups excluding carboxylic acids is 1. The van der Waals surface area contributed by atoms with Gasteiger partial charge in [-0.25, -0.2) is 4.79 Å². The van der Waals surface area contributed by atoms with Crippen LogP contribution in [-0.4, -0.2) is 17.6 Å². The molecule has 0 fully saturated rings. The van der Waals surface area contributed by atoms with Gasteiger partial charge in [0, 0.05) is 16.2 Å². The fourth-order valence-electron chi connectivity index (χ4n) is 3.08. The Balaban J connectivity index is 2.04. The molecular weight excluding hydrogens is 422 g/mol. The maximum atomic E-state index is 12.5. The highest BCUT2D eigenvalue weighted by molar-refractivity contribution is 9.10. The first kappa shape index (κ1) is 19.6. The Morgan fingerprint density at radius 3 is 2.61 bits per heavy atom. The van der Waals surface area contributed by atoms with Crippen LogP contribution in [0.4, 0.5) is 0 Å². The average Bonchev–Trinajstić information content (AvgIpc) is 2.68. The molecule has 0 aliphatic carbocycles. The number of aromatic nitrogens is 1. The highest BCUT2D eigenvalue weighted by atomic mass is 79.9. The molecule has 0 radical (unpaired) electrons. The van der Waals surface area contributed by atoms with Crippen molar-refractivity contribution in [2.45, 2.75) is 19.8 Å². The predicted molar refractivity (Wildman–Crippen MR) is 107 cm³/mol. The molecule has 2 heterocycles. The minimum absolute atomic E-state index is 0.00305. The summed E-state index contributed by atoms with van der Waals surface area (Å²) in [5.74, 6) is -0.844. The van der Waals surface area contributed by atoms with Crippen LogP contribution in [0.25, 0.3) is 11.3 Å². The van der Waals surface area contributed by atoms with E-state index in [0.717, 1.165) is 21.3 Å². The van der Waals surface area contributed by atoms with E-state index in [1.807, 2.05) is 36.4 Å². The molecule has 6 nitrogen and oxygen atoms in total. The highest BCUT2D eigenvalue weighted by Crippen LogP contribution is 2.40. The molecule has 142 valence electrons. The molecule has 1 aliphatic heterocycles. The van der Waals surface area contributed by atoms with Crippen LogP contribution in [0, 0.1) is 11.3 Å². The van der Waals surface area contributed by atoms with Crippen molar-refractivity contribution < 1.29 is 14.3 Å². The zero-order valence-electron chi connectivity index (χ0n) is 15.4. The third-order valence-electron chi connectivity index (χ3n) is 4.37. The van der Waals surface area contributed by atoms with Crippen LogP contribution < -0.4 is 5.73 Å². The number of nitrogens with zero attached hydrogens (tertiary/aromatic N) is 2. The van der Waals surface area contributed by atoms with Gasteiger partial charge in [-0.05, 0) is 47.5 Å². The standard InChI is InChI=1S/C21H18BrN3O3/c1-3-27-21(26)18-12(2)28-20(24)16(10-23)19(18)14-6-4-13(5-7-14)17-9-8-15(22)11-25-17/h4-9,11,19H,3,24H2,1-2H3. The summed E-state index contributed by atoms with van der Waals surface area (Å²) in [6, 6.07) is 13.4. The number of hydrogen-bond acceptors (Lipinski definition) is 6. The zero-order chi connectivity index (χ0) is 20.3. The summed E-state index contributed by atoms with van der Waals surface area (Å²) in [5, 5.41) is 9.61. The van der Waals surface area contributed by atoms with E-state index in [0.29, 0.717) is 5.76 Å². The molecule has 7 heteroatoms. The third kappa shape index (κ3) is 3.78. The number of halogens is 1. The zero-order valence-corrected chi connectivity index (χ0v) is 17.0. The van der Waals surface area contributed by atoms with Gasteiger partial charge in [0.1, 0.15) is 17.4 Å². The minimum atomic E-state index is -0.648. The van der Waals surface area contributed by atoms with Crippen molar-refractivity contribution >= 4 is 21.9 Å². The van der Waals surface area contributed by atoms with Crippen molar-refractivity contribution in [1.82, 2.24) is 4.98 Å². The van der Waals surface area contributed by atoms with E-state index in [4.69, 9.17) is 15.2 Å². The van der Waals surface area contributed by atoms with Crippen molar-refractivity contribution in [3.05, 3.63) is 75.4 Å². The van der Waals surface area contributed by atoms with Crippen LogP contribution in [0.2, 0.25) is 0 Å². The molecule has 1 aliphatic rings. The number of ether oxygens (including phenoxy) is 2. The second kappa shape index (κ2) is 8.28. The first-order valence-electron chi connectivity index (χ1n) is 8.63. The van der Waals surface area contributed by atoms with E-state index in [2.05, 4.69) is 27.0 Å². The smallest absolute Gasteiger partial charge is 0.338 e. The van der Waals surface area contributed by atoms with Crippen molar-refractivity contribution in [2.24, 2.45) is 5.73 Å². The first-order chi connectivity index (χ1) is 13.5. The lowest BCUT2D eigenvalue weighted by atomic mass is 9.82. The SMILES string of the molecule is CCOC(=O)C1=C(C)OC(N)=C(C#N)C1c1ccc(-c2ccc(Br)cn2)cc1. The molecule has 0 saturated heterocycles. The van der Waals surface area contributed by atoms with Crippen LogP contribution in [0.1, 0.15) is 25.3 Å². The second-order valence-electron chi connectivity index (χ2n) is 6.10. The molecule has 1 unspecified atom stereocenters. The van der Waals surface area contributed by atoms with Crippen LogP contribution in [0.15, 0.2) is 69.9 Å². The summed E-state index contributed by atoms with van der Waals surface area (Å²) in [6.45, 7) is 3.58. The number of esters is 1. The van der Waals surface area contributed by atoms with Gasteiger partial charge in [-0.15, -0.1) is 0 Å². The Bertz CT molecular complexity index is 1000. The molecule has 3 rings (SSSR count). The maximum absolute atomic E-state index is 12.5. The number of benzene rings is 1. The normalized spacial score (nSPS) is 16.4. The number of hydrogen-bond donors (Lipinski definition) is 1. The van der Waals surface area contributed by atoms with Crippen LogP contribution in [0.3, 0.4) is 0 Å². The summed E-state index contributed by atoms with van der Waals surface area (Å²) in [7, 11) is 0. The quantitative estimate of drug-likeness (QED) is 0.718. The summed E-state index contributed by atoms with van der Waals surface area (Å²) in [4.78, 5) is 16.9. The monoisotopic (exact) mass is 439 g/mol. The van der Waals surface area contributed by atoms with Crippen LogP contribution >= 0.6 is 15.9 Å². The number of allylic oxidation sites excluding steroid dienone is 2. The van der Waals surface area contributed by atoms with E-state index in [1.165, 1.54) is 0 Å². The van der Waals surface area contributed by atoms with Gasteiger partial charge >= 0.3 is 5.97 Å². The topological polar surface area (TPSA) is 98.2 Å². The number of pyridine rings is 1. The van der Waals surface area contributed by atoms with Gasteiger partial charge in [-0.1, -0.05) is 24.3 Å². The van der Waals surface area contributed by atoms with E-state index in [9.17, 15) is 10.1 Å². The molecular formula is C21H18BrN3O3. The van der Waals surface area contributed by atoms with Crippen molar-refractivity contribution in [3.8, 4) is 17.3 Å². The lowest BCUT2D eigenvalue weighted by Gasteiger charge is -2.26. The fraction of sp³-hybridized carbons (Fsp3) is 0.190. The Kier molecular flexibility index (Phi) is 5.81. The molecule has 1 atom stereocenters. The van der Waals surface area contributed by atoms with Gasteiger partial charge in [0.25, 0.3) is 0 Å². The van der Waals surface area contributed by atoms with Crippen molar-refractivity contribution in [3.63, 3.8) is 0 Å². The molecule has 0 spiro atoms. The molecule has 1 aromatic carbocycles. The van der Waals surface area contributed by atoms with E-state index < -0.39 is 11.9 Å². The summed E-state index contributed by atoms with van der Waals surface area (Å²) in [5.41, 5.74) is 8.85. The molecule has 0 amide bonds. The van der Waals surface area contributed by atoms with E-state index in [1.54, 1.807) is 20.0 Å². The van der Waals surface area contributed by atoms with Gasteiger partial charge in [-0.3, -0.25) is 4.98 Å². The van der Waals surface area contributed by atoms with Gasteiger partial charge in [-0.2, -0.15) is 5.26 Å². The van der Waals surface area contributed by atoms with Crippen LogP contribution in [-0.2, 0) is 14.3 Å². The van der Waals surface area contributed by atoms with Crippen molar-refractivity contribution in [1.29, 1.82) is 5.26 Å². The second-order valence-corrected chi connectivity index (χ2v) is 7.01. The van der Waals surface area contributed by atoms with Gasteiger partial charge < -0.3 is 15.2 Å². The Morgan fingerprint density at radius 1 is 1.32 bits per heavy atom. The Hall–Kier alpha value is -3.11. The lowest BCUT2D eigenvalue weighted by Crippen LogP contribution is -2.25. The number of carbonyl (C=O) groups is 1. The minimum Gasteiger partial charge on any atom is -0.463 e. The number of nitrogens with two attached hydrogens (primary N) is 1. The summed E-state index contributed by atoms with van der Waals surface area (Å²) < 4.78 is 11.5. The Labute approximate surface area is 171 Å². The maximum Gasteiger partial charge on any atom is 0.338 e. The summed E-state index contributed by atoms with van der Waals surface area (Å²) in [6.07, 6.45) is 1.73. The molecule has 0 bridgehead atoms. The Morgan fingerprint density at radius 2 is 2.04 bits per heavy atom. The predicted octanol–water partition coefficient (Wildman–Crippen LogP) is 4.16. The molecule has 1 aromatic heterocycles. The number of rotatable bonds is 4. The van der Waals surface area contributed by atoms with Crippen LogP contribution in [0.5, 0.6) is 0 Å². The van der Waals surface area contributed by atoms with E-state index in [-0.39, 0.29) is 23.6 Å². The number of nitriles is 1. The molecule has 2 N–H and O–H groups in total. The molecule has 28 heavy (non-hydrogen) atoms. The largest absolute Gasteiger partial charge is 0.463 e. The molecule has 2 aromatic rings. The fourth-order valence-corrected chi connectivity index (χ4v) is 3.32. The first-order valence-corrected chi connectivity index (χ1v) is 9.43. The van der Waals surface area contributed by atoms with Gasteiger partial charge in [0.15, 0.2) is 0 Å².